The van der Waals surface area contributed by atoms with E-state index in [-0.39, 0.29) is 12.1 Å². The van der Waals surface area contributed by atoms with Crippen molar-refractivity contribution in [3.63, 3.8) is 0 Å². The Morgan fingerprint density at radius 1 is 1.48 bits per heavy atom. The Labute approximate surface area is 126 Å². The summed E-state index contributed by atoms with van der Waals surface area (Å²) in [6.45, 7) is 6.29. The van der Waals surface area contributed by atoms with Gasteiger partial charge in [-0.1, -0.05) is 13.0 Å². The number of hydrogen-bond donors (Lipinski definition) is 1. The van der Waals surface area contributed by atoms with Crippen molar-refractivity contribution >= 4 is 11.7 Å². The summed E-state index contributed by atoms with van der Waals surface area (Å²) in [5.41, 5.74) is 7.77. The SMILES string of the molecule is CCOC(=O)CCN1CC(CC)Oc2cc(CN)ccc21. The summed E-state index contributed by atoms with van der Waals surface area (Å²) in [6.07, 6.45) is 1.47. The van der Waals surface area contributed by atoms with Gasteiger partial charge in [0.15, 0.2) is 0 Å². The van der Waals surface area contributed by atoms with Crippen LogP contribution in [-0.4, -0.2) is 31.8 Å². The smallest absolute Gasteiger partial charge is 0.307 e. The van der Waals surface area contributed by atoms with Crippen molar-refractivity contribution in [1.29, 1.82) is 0 Å². The van der Waals surface area contributed by atoms with Crippen LogP contribution in [-0.2, 0) is 16.1 Å². The number of ether oxygens (including phenoxy) is 2. The Bertz CT molecular complexity index is 490. The van der Waals surface area contributed by atoms with Crippen LogP contribution in [0.1, 0.15) is 32.3 Å². The van der Waals surface area contributed by atoms with Crippen molar-refractivity contribution in [3.05, 3.63) is 23.8 Å². The number of fused-ring (bicyclic) bond motifs is 1. The molecule has 0 radical (unpaired) electrons. The van der Waals surface area contributed by atoms with Crippen LogP contribution in [0.25, 0.3) is 0 Å². The number of carbonyl (C=O) groups is 1. The highest BCUT2D eigenvalue weighted by molar-refractivity contribution is 5.71. The number of esters is 1. The molecule has 2 N–H and O–H groups in total. The van der Waals surface area contributed by atoms with Crippen LogP contribution in [0, 0.1) is 0 Å². The highest BCUT2D eigenvalue weighted by Crippen LogP contribution is 2.35. The Morgan fingerprint density at radius 3 is 2.95 bits per heavy atom. The minimum absolute atomic E-state index is 0.146. The lowest BCUT2D eigenvalue weighted by Gasteiger charge is -2.36. The molecule has 1 aromatic rings. The van der Waals surface area contributed by atoms with Gasteiger partial charge in [0.2, 0.25) is 0 Å². The predicted molar refractivity (Wildman–Crippen MR) is 82.5 cm³/mol. The third kappa shape index (κ3) is 3.88. The van der Waals surface area contributed by atoms with Gasteiger partial charge in [-0.25, -0.2) is 0 Å². The van der Waals surface area contributed by atoms with Gasteiger partial charge in [-0.15, -0.1) is 0 Å². The zero-order valence-electron chi connectivity index (χ0n) is 12.8. The summed E-state index contributed by atoms with van der Waals surface area (Å²) >= 11 is 0. The largest absolute Gasteiger partial charge is 0.486 e. The zero-order valence-corrected chi connectivity index (χ0v) is 12.8. The van der Waals surface area contributed by atoms with E-state index in [0.717, 1.165) is 30.0 Å². The molecule has 0 saturated heterocycles. The zero-order chi connectivity index (χ0) is 15.2. The lowest BCUT2D eigenvalue weighted by atomic mass is 10.1. The second-order valence-corrected chi connectivity index (χ2v) is 5.16. The number of nitrogens with zero attached hydrogens (tertiary/aromatic N) is 1. The predicted octanol–water partition coefficient (Wildman–Crippen LogP) is 2.08. The number of rotatable bonds is 6. The van der Waals surface area contributed by atoms with Crippen molar-refractivity contribution in [2.75, 3.05) is 24.6 Å². The monoisotopic (exact) mass is 292 g/mol. The standard InChI is InChI=1S/C16H24N2O3/c1-3-13-11-18(8-7-16(19)20-4-2)14-6-5-12(10-17)9-15(14)21-13/h5-6,9,13H,3-4,7-8,10-11,17H2,1-2H3. The Morgan fingerprint density at radius 2 is 2.29 bits per heavy atom. The fraction of sp³-hybridized carbons (Fsp3) is 0.562. The van der Waals surface area contributed by atoms with E-state index in [1.807, 2.05) is 25.1 Å². The number of anilines is 1. The molecule has 1 aromatic carbocycles. The van der Waals surface area contributed by atoms with E-state index < -0.39 is 0 Å². The highest BCUT2D eigenvalue weighted by atomic mass is 16.5. The van der Waals surface area contributed by atoms with E-state index in [9.17, 15) is 4.79 Å². The number of carbonyl (C=O) groups excluding carboxylic acids is 1. The molecule has 2 rings (SSSR count). The molecule has 21 heavy (non-hydrogen) atoms. The van der Waals surface area contributed by atoms with Gasteiger partial charge in [0, 0.05) is 13.1 Å². The first kappa shape index (κ1) is 15.6. The first-order chi connectivity index (χ1) is 10.2. The summed E-state index contributed by atoms with van der Waals surface area (Å²) < 4.78 is 11.0. The molecule has 0 aromatic heterocycles. The number of nitrogens with two attached hydrogens (primary N) is 1. The molecular formula is C16H24N2O3. The normalized spacial score (nSPS) is 17.1. The molecule has 0 saturated carbocycles. The molecule has 0 bridgehead atoms. The van der Waals surface area contributed by atoms with Crippen LogP contribution in [0.15, 0.2) is 18.2 Å². The molecule has 0 aliphatic carbocycles. The van der Waals surface area contributed by atoms with E-state index in [1.54, 1.807) is 0 Å². The molecule has 0 spiro atoms. The molecule has 1 heterocycles. The van der Waals surface area contributed by atoms with Gasteiger partial charge in [-0.05, 0) is 31.0 Å². The molecule has 1 unspecified atom stereocenters. The van der Waals surface area contributed by atoms with Crippen molar-refractivity contribution < 1.29 is 14.3 Å². The Hall–Kier alpha value is -1.75. The quantitative estimate of drug-likeness (QED) is 0.813. The average Bonchev–Trinajstić information content (AvgIpc) is 2.51. The Balaban J connectivity index is 2.12. The van der Waals surface area contributed by atoms with Crippen LogP contribution in [0.2, 0.25) is 0 Å². The topological polar surface area (TPSA) is 64.8 Å². The van der Waals surface area contributed by atoms with E-state index in [1.165, 1.54) is 0 Å². The summed E-state index contributed by atoms with van der Waals surface area (Å²) in [4.78, 5) is 13.8. The van der Waals surface area contributed by atoms with Gasteiger partial charge >= 0.3 is 5.97 Å². The van der Waals surface area contributed by atoms with Crippen LogP contribution in [0.5, 0.6) is 5.75 Å². The maximum absolute atomic E-state index is 11.6. The van der Waals surface area contributed by atoms with Gasteiger partial charge in [0.05, 0.1) is 25.3 Å². The van der Waals surface area contributed by atoms with E-state index in [0.29, 0.717) is 26.1 Å². The highest BCUT2D eigenvalue weighted by Gasteiger charge is 2.25. The van der Waals surface area contributed by atoms with Crippen LogP contribution in [0.3, 0.4) is 0 Å². The minimum Gasteiger partial charge on any atom is -0.486 e. The summed E-state index contributed by atoms with van der Waals surface area (Å²) in [5.74, 6) is 0.706. The first-order valence-corrected chi connectivity index (χ1v) is 7.58. The first-order valence-electron chi connectivity index (χ1n) is 7.58. The fourth-order valence-corrected chi connectivity index (χ4v) is 2.49. The van der Waals surface area contributed by atoms with Crippen molar-refractivity contribution in [2.45, 2.75) is 39.3 Å². The fourth-order valence-electron chi connectivity index (χ4n) is 2.49. The van der Waals surface area contributed by atoms with Crippen LogP contribution < -0.4 is 15.4 Å². The van der Waals surface area contributed by atoms with Crippen molar-refractivity contribution in [2.24, 2.45) is 5.73 Å². The van der Waals surface area contributed by atoms with E-state index >= 15 is 0 Å². The number of hydrogen-bond acceptors (Lipinski definition) is 5. The number of benzene rings is 1. The van der Waals surface area contributed by atoms with Gasteiger partial charge in [0.25, 0.3) is 0 Å². The lowest BCUT2D eigenvalue weighted by Crippen LogP contribution is -2.40. The van der Waals surface area contributed by atoms with Crippen LogP contribution in [0.4, 0.5) is 5.69 Å². The Kier molecular flexibility index (Phi) is 5.44. The second-order valence-electron chi connectivity index (χ2n) is 5.16. The molecule has 1 aliphatic rings. The third-order valence-corrected chi connectivity index (χ3v) is 3.66. The van der Waals surface area contributed by atoms with Crippen LogP contribution >= 0.6 is 0 Å². The summed E-state index contributed by atoms with van der Waals surface area (Å²) in [7, 11) is 0. The molecule has 0 amide bonds. The molecule has 1 aliphatic heterocycles. The molecule has 0 fully saturated rings. The molecule has 1 atom stereocenters. The van der Waals surface area contributed by atoms with Gasteiger partial charge in [0.1, 0.15) is 11.9 Å². The maximum atomic E-state index is 11.6. The molecular weight excluding hydrogens is 268 g/mol. The minimum atomic E-state index is -0.155. The van der Waals surface area contributed by atoms with Crippen molar-refractivity contribution in [3.8, 4) is 5.75 Å². The molecule has 5 nitrogen and oxygen atoms in total. The van der Waals surface area contributed by atoms with Crippen molar-refractivity contribution in [1.82, 2.24) is 0 Å². The summed E-state index contributed by atoms with van der Waals surface area (Å²) in [5, 5.41) is 0. The van der Waals surface area contributed by atoms with Gasteiger partial charge in [-0.2, -0.15) is 0 Å². The van der Waals surface area contributed by atoms with E-state index in [4.69, 9.17) is 15.2 Å². The average molecular weight is 292 g/mol. The van der Waals surface area contributed by atoms with Gasteiger partial charge < -0.3 is 20.1 Å². The molecule has 116 valence electrons. The van der Waals surface area contributed by atoms with E-state index in [2.05, 4.69) is 11.8 Å². The maximum Gasteiger partial charge on any atom is 0.307 e. The lowest BCUT2D eigenvalue weighted by molar-refractivity contribution is -0.142. The van der Waals surface area contributed by atoms with Gasteiger partial charge in [-0.3, -0.25) is 4.79 Å². The molecule has 5 heteroatoms. The summed E-state index contributed by atoms with van der Waals surface area (Å²) in [6, 6.07) is 6.02. The second kappa shape index (κ2) is 7.31. The third-order valence-electron chi connectivity index (χ3n) is 3.66.